The standard InChI is InChI=1S/C18H20ClN3OS/c19-15-10-14(18(23)21-6-2-1-3-7-21)11-20-17(15)22-8-4-16-13(12-22)5-9-24-16/h5,9-11H,1-4,6-8,12H2. The summed E-state index contributed by atoms with van der Waals surface area (Å²) in [6.45, 7) is 3.43. The van der Waals surface area contributed by atoms with Crippen LogP contribution in [-0.4, -0.2) is 35.4 Å². The summed E-state index contributed by atoms with van der Waals surface area (Å²) in [5, 5.41) is 2.71. The third-order valence-corrected chi connectivity index (χ3v) is 6.12. The van der Waals surface area contributed by atoms with Crippen LogP contribution in [0.3, 0.4) is 0 Å². The Kier molecular flexibility index (Phi) is 4.46. The van der Waals surface area contributed by atoms with E-state index >= 15 is 0 Å². The van der Waals surface area contributed by atoms with Crippen LogP contribution < -0.4 is 4.90 Å². The Morgan fingerprint density at radius 3 is 2.83 bits per heavy atom. The number of piperidine rings is 1. The molecular formula is C18H20ClN3OS. The van der Waals surface area contributed by atoms with Crippen LogP contribution in [0.25, 0.3) is 0 Å². The van der Waals surface area contributed by atoms with Gasteiger partial charge in [-0.2, -0.15) is 0 Å². The molecule has 1 fully saturated rings. The van der Waals surface area contributed by atoms with Gasteiger partial charge in [0.25, 0.3) is 5.91 Å². The van der Waals surface area contributed by atoms with Crippen molar-refractivity contribution >= 4 is 34.7 Å². The number of nitrogens with zero attached hydrogens (tertiary/aromatic N) is 3. The molecule has 1 amide bonds. The molecule has 4 heterocycles. The molecule has 2 aromatic rings. The highest BCUT2D eigenvalue weighted by Crippen LogP contribution is 2.31. The van der Waals surface area contributed by atoms with E-state index in [0.717, 1.165) is 51.3 Å². The van der Waals surface area contributed by atoms with Gasteiger partial charge >= 0.3 is 0 Å². The molecule has 1 saturated heterocycles. The second-order valence-corrected chi connectivity index (χ2v) is 7.83. The van der Waals surface area contributed by atoms with Gasteiger partial charge in [-0.3, -0.25) is 4.79 Å². The van der Waals surface area contributed by atoms with Crippen molar-refractivity contribution in [3.8, 4) is 0 Å². The maximum absolute atomic E-state index is 12.6. The van der Waals surface area contributed by atoms with Crippen molar-refractivity contribution in [3.63, 3.8) is 0 Å². The lowest BCUT2D eigenvalue weighted by Crippen LogP contribution is -2.36. The zero-order valence-electron chi connectivity index (χ0n) is 13.5. The van der Waals surface area contributed by atoms with Crippen LogP contribution in [0.2, 0.25) is 5.02 Å². The molecule has 2 aliphatic heterocycles. The lowest BCUT2D eigenvalue weighted by molar-refractivity contribution is 0.0724. The first-order valence-electron chi connectivity index (χ1n) is 8.47. The van der Waals surface area contributed by atoms with Gasteiger partial charge < -0.3 is 9.80 Å². The first-order chi connectivity index (χ1) is 11.7. The van der Waals surface area contributed by atoms with Crippen LogP contribution in [0.1, 0.15) is 40.1 Å². The third kappa shape index (κ3) is 3.03. The Hall–Kier alpha value is -1.59. The SMILES string of the molecule is O=C(c1cnc(N2CCc3sccc3C2)c(Cl)c1)N1CCCCC1. The average molecular weight is 362 g/mol. The molecule has 0 N–H and O–H groups in total. The maximum Gasteiger partial charge on any atom is 0.255 e. The molecule has 126 valence electrons. The summed E-state index contributed by atoms with van der Waals surface area (Å²) in [6.07, 6.45) is 6.09. The Bertz CT molecular complexity index is 754. The zero-order chi connectivity index (χ0) is 16.5. The Morgan fingerprint density at radius 2 is 2.04 bits per heavy atom. The van der Waals surface area contributed by atoms with Gasteiger partial charge in [0.2, 0.25) is 0 Å². The first kappa shape index (κ1) is 15.9. The number of hydrogen-bond acceptors (Lipinski definition) is 4. The minimum Gasteiger partial charge on any atom is -0.351 e. The number of halogens is 1. The fourth-order valence-corrected chi connectivity index (χ4v) is 4.66. The molecule has 0 radical (unpaired) electrons. The molecule has 4 rings (SSSR count). The Balaban J connectivity index is 1.53. The summed E-state index contributed by atoms with van der Waals surface area (Å²) in [4.78, 5) is 22.7. The van der Waals surface area contributed by atoms with Crippen LogP contribution in [0, 0.1) is 0 Å². The number of fused-ring (bicyclic) bond motifs is 1. The molecule has 6 heteroatoms. The smallest absolute Gasteiger partial charge is 0.255 e. The average Bonchev–Trinajstić information content (AvgIpc) is 3.09. The van der Waals surface area contributed by atoms with E-state index in [-0.39, 0.29) is 5.91 Å². The second kappa shape index (κ2) is 6.73. The van der Waals surface area contributed by atoms with Crippen molar-refractivity contribution in [1.29, 1.82) is 0 Å². The van der Waals surface area contributed by atoms with Crippen LogP contribution >= 0.6 is 22.9 Å². The number of carbonyl (C=O) groups is 1. The van der Waals surface area contributed by atoms with Gasteiger partial charge in [0.15, 0.2) is 0 Å². The molecule has 0 aliphatic carbocycles. The highest BCUT2D eigenvalue weighted by atomic mass is 35.5. The molecular weight excluding hydrogens is 342 g/mol. The van der Waals surface area contributed by atoms with Crippen molar-refractivity contribution in [2.75, 3.05) is 24.5 Å². The number of thiophene rings is 1. The van der Waals surface area contributed by atoms with Crippen LogP contribution in [0.5, 0.6) is 0 Å². The summed E-state index contributed by atoms with van der Waals surface area (Å²) in [5.74, 6) is 0.832. The number of rotatable bonds is 2. The molecule has 0 atom stereocenters. The van der Waals surface area contributed by atoms with E-state index in [4.69, 9.17) is 11.6 Å². The number of anilines is 1. The fraction of sp³-hybridized carbons (Fsp3) is 0.444. The Labute approximate surface area is 151 Å². The van der Waals surface area contributed by atoms with Gasteiger partial charge in [-0.15, -0.1) is 11.3 Å². The molecule has 4 nitrogen and oxygen atoms in total. The van der Waals surface area contributed by atoms with E-state index in [2.05, 4.69) is 21.3 Å². The summed E-state index contributed by atoms with van der Waals surface area (Å²) in [6, 6.07) is 3.96. The molecule has 0 spiro atoms. The normalized spacial score (nSPS) is 17.7. The number of carbonyl (C=O) groups excluding carboxylic acids is 1. The molecule has 2 aliphatic rings. The van der Waals surface area contributed by atoms with E-state index < -0.39 is 0 Å². The van der Waals surface area contributed by atoms with Gasteiger partial charge in [0, 0.05) is 37.3 Å². The van der Waals surface area contributed by atoms with Crippen molar-refractivity contribution < 1.29 is 4.79 Å². The quantitative estimate of drug-likeness (QED) is 0.811. The van der Waals surface area contributed by atoms with Gasteiger partial charge in [-0.25, -0.2) is 4.98 Å². The monoisotopic (exact) mass is 361 g/mol. The summed E-state index contributed by atoms with van der Waals surface area (Å²) in [7, 11) is 0. The number of aromatic nitrogens is 1. The second-order valence-electron chi connectivity index (χ2n) is 6.42. The van der Waals surface area contributed by atoms with Gasteiger partial charge in [0.1, 0.15) is 5.82 Å². The third-order valence-electron chi connectivity index (χ3n) is 4.82. The molecule has 2 aromatic heterocycles. The summed E-state index contributed by atoms with van der Waals surface area (Å²) >= 11 is 8.29. The van der Waals surface area contributed by atoms with E-state index in [1.54, 1.807) is 12.3 Å². The van der Waals surface area contributed by atoms with Crippen LogP contribution in [0.15, 0.2) is 23.7 Å². The van der Waals surface area contributed by atoms with Gasteiger partial charge in [0.05, 0.1) is 10.6 Å². The number of likely N-dealkylation sites (tertiary alicyclic amines) is 1. The molecule has 0 aromatic carbocycles. The maximum atomic E-state index is 12.6. The highest BCUT2D eigenvalue weighted by Gasteiger charge is 2.23. The van der Waals surface area contributed by atoms with E-state index in [1.807, 2.05) is 16.2 Å². The van der Waals surface area contributed by atoms with Crippen LogP contribution in [-0.2, 0) is 13.0 Å². The van der Waals surface area contributed by atoms with Crippen molar-refractivity contribution in [3.05, 3.63) is 44.7 Å². The van der Waals surface area contributed by atoms with Crippen molar-refractivity contribution in [1.82, 2.24) is 9.88 Å². The van der Waals surface area contributed by atoms with E-state index in [9.17, 15) is 4.79 Å². The van der Waals surface area contributed by atoms with Gasteiger partial charge in [-0.05, 0) is 48.8 Å². The number of pyridine rings is 1. The summed E-state index contributed by atoms with van der Waals surface area (Å²) in [5.41, 5.74) is 1.96. The largest absolute Gasteiger partial charge is 0.351 e. The minimum atomic E-state index is 0.0504. The zero-order valence-corrected chi connectivity index (χ0v) is 15.1. The predicted molar refractivity (Wildman–Crippen MR) is 98.1 cm³/mol. The first-order valence-corrected chi connectivity index (χ1v) is 9.73. The molecule has 24 heavy (non-hydrogen) atoms. The van der Waals surface area contributed by atoms with E-state index in [1.165, 1.54) is 16.9 Å². The highest BCUT2D eigenvalue weighted by molar-refractivity contribution is 7.10. The minimum absolute atomic E-state index is 0.0504. The molecule has 0 bridgehead atoms. The van der Waals surface area contributed by atoms with Gasteiger partial charge in [-0.1, -0.05) is 11.6 Å². The number of amides is 1. The number of hydrogen-bond donors (Lipinski definition) is 0. The summed E-state index contributed by atoms with van der Waals surface area (Å²) < 4.78 is 0. The lowest BCUT2D eigenvalue weighted by Gasteiger charge is -2.29. The van der Waals surface area contributed by atoms with Crippen molar-refractivity contribution in [2.45, 2.75) is 32.2 Å². The predicted octanol–water partition coefficient (Wildman–Crippen LogP) is 3.99. The molecule has 0 saturated carbocycles. The lowest BCUT2D eigenvalue weighted by atomic mass is 10.1. The topological polar surface area (TPSA) is 36.4 Å². The Morgan fingerprint density at radius 1 is 1.21 bits per heavy atom. The molecule has 0 unspecified atom stereocenters. The van der Waals surface area contributed by atoms with E-state index in [0.29, 0.717) is 10.6 Å². The van der Waals surface area contributed by atoms with Crippen molar-refractivity contribution in [2.24, 2.45) is 0 Å². The van der Waals surface area contributed by atoms with Crippen LogP contribution in [0.4, 0.5) is 5.82 Å². The fourth-order valence-electron chi connectivity index (χ4n) is 3.49.